The summed E-state index contributed by atoms with van der Waals surface area (Å²) in [6.07, 6.45) is 3.09. The summed E-state index contributed by atoms with van der Waals surface area (Å²) >= 11 is 0. The molecule has 17 nitrogen and oxygen atoms in total. The highest BCUT2D eigenvalue weighted by atomic mass is 16.8. The van der Waals surface area contributed by atoms with E-state index in [1.165, 1.54) is 14.0 Å². The second kappa shape index (κ2) is 18.5. The molecule has 1 unspecified atom stereocenters. The number of carbonyl (C=O) groups excluding carboxylic acids is 3. The molecule has 20 atom stereocenters. The number of ketones is 1. The van der Waals surface area contributed by atoms with E-state index in [0.29, 0.717) is 17.6 Å². The zero-order chi connectivity index (χ0) is 47.7. The van der Waals surface area contributed by atoms with Gasteiger partial charge in [-0.25, -0.2) is 20.0 Å². The van der Waals surface area contributed by atoms with E-state index in [1.807, 2.05) is 39.8 Å². The predicted molar refractivity (Wildman–Crippen MR) is 232 cm³/mol. The fourth-order valence-corrected chi connectivity index (χ4v) is 12.6. The van der Waals surface area contributed by atoms with E-state index < -0.39 is 112 Å². The number of rotatable bonds is 7. The van der Waals surface area contributed by atoms with Crippen LogP contribution in [0.15, 0.2) is 58.4 Å². The predicted octanol–water partition coefficient (Wildman–Crippen LogP) is 3.65. The van der Waals surface area contributed by atoms with Crippen LogP contribution >= 0.6 is 0 Å². The van der Waals surface area contributed by atoms with Crippen LogP contribution in [0.1, 0.15) is 94.4 Å². The standard InChI is InChI=1S/C48H70N2O15/c1-22-11-14-34(63-36-20-46(8,50(58)59)41(28(7)62-36)49-45(57)60-10)23(2)16-30-17-29(21-51)26(5)19-48(30)43(55)37(44(56)65-48)42(54)47(9)32(22)13-12-31-38(47)24(3)15-25(4)40(31)64-35-18-33(52)39(53)27(6)61-35/h11-13,16-17,24-28,30-36,38-41,50-54,58H,14-15,18-21H2,1-10H3,(H,49,57)/b22-11+,23-16+,42-37?/t24-,25-,26+,27-,28+,30+,31-,32-,33+,34-,35-,36-,38+,39-,40-,41-,46-,47+,48-/m0/s1. The van der Waals surface area contributed by atoms with Gasteiger partial charge in [0.1, 0.15) is 23.5 Å². The normalized spacial score (nSPS) is 47.7. The Kier molecular flexibility index (Phi) is 14.1. The van der Waals surface area contributed by atoms with Crippen molar-refractivity contribution in [3.05, 3.63) is 63.6 Å². The summed E-state index contributed by atoms with van der Waals surface area (Å²) in [5.41, 5.74) is -2.86. The van der Waals surface area contributed by atoms with Crippen molar-refractivity contribution in [2.45, 2.75) is 161 Å². The number of quaternary nitrogens is 1. The Morgan fingerprint density at radius 3 is 2.29 bits per heavy atom. The Morgan fingerprint density at radius 1 is 0.954 bits per heavy atom. The molecule has 7 aliphatic rings. The van der Waals surface area contributed by atoms with Crippen molar-refractivity contribution in [2.24, 2.45) is 46.8 Å². The lowest BCUT2D eigenvalue weighted by Gasteiger charge is -2.56. The van der Waals surface area contributed by atoms with Gasteiger partial charge in [-0.3, -0.25) is 4.79 Å². The third-order valence-electron chi connectivity index (χ3n) is 16.2. The Morgan fingerprint density at radius 2 is 1.65 bits per heavy atom. The highest BCUT2D eigenvalue weighted by Crippen LogP contribution is 2.61. The molecule has 7 N–H and O–H groups in total. The third-order valence-corrected chi connectivity index (χ3v) is 16.2. The largest absolute Gasteiger partial charge is 0.600 e. The van der Waals surface area contributed by atoms with Crippen LogP contribution < -0.4 is 10.5 Å². The molecule has 4 aliphatic carbocycles. The maximum Gasteiger partial charge on any atom is 0.407 e. The topological polar surface area (TPSA) is 247 Å². The van der Waals surface area contributed by atoms with Gasteiger partial charge in [0.25, 0.3) is 0 Å². The molecule has 65 heavy (non-hydrogen) atoms. The Labute approximate surface area is 381 Å². The van der Waals surface area contributed by atoms with Gasteiger partial charge in [0, 0.05) is 36.0 Å². The summed E-state index contributed by atoms with van der Waals surface area (Å²) < 4.78 is 36.9. The van der Waals surface area contributed by atoms with Crippen LogP contribution in [0.3, 0.4) is 0 Å². The molecule has 1 spiro atoms. The van der Waals surface area contributed by atoms with Crippen molar-refractivity contribution >= 4 is 17.8 Å². The van der Waals surface area contributed by atoms with Gasteiger partial charge < -0.3 is 59.4 Å². The number of nitrogens with one attached hydrogen (secondary N) is 2. The molecule has 17 heteroatoms. The smallest absolute Gasteiger partial charge is 0.407 e. The molecule has 4 fully saturated rings. The number of allylic oxidation sites excluding steroid dienone is 3. The first-order valence-corrected chi connectivity index (χ1v) is 23.1. The molecule has 0 aromatic heterocycles. The minimum atomic E-state index is -1.76. The van der Waals surface area contributed by atoms with Crippen molar-refractivity contribution in [1.29, 1.82) is 0 Å². The van der Waals surface area contributed by atoms with E-state index in [1.54, 1.807) is 26.0 Å². The number of alkyl carbamates (subject to hydrolysis) is 1. The van der Waals surface area contributed by atoms with Gasteiger partial charge in [0.15, 0.2) is 23.7 Å². The molecule has 7 rings (SSSR count). The zero-order valence-corrected chi connectivity index (χ0v) is 39.2. The number of fused-ring (bicyclic) bond motifs is 4. The summed E-state index contributed by atoms with van der Waals surface area (Å²) in [4.78, 5) is 42.0. The van der Waals surface area contributed by atoms with Gasteiger partial charge in [-0.05, 0) is 82.3 Å². The number of methoxy groups -OCH3 is 1. The summed E-state index contributed by atoms with van der Waals surface area (Å²) in [5.74, 6) is -4.50. The van der Waals surface area contributed by atoms with E-state index in [0.717, 1.165) is 5.57 Å². The minimum absolute atomic E-state index is 0.00433. The molecule has 1 saturated carbocycles. The van der Waals surface area contributed by atoms with Crippen molar-refractivity contribution in [3.8, 4) is 0 Å². The first-order valence-electron chi connectivity index (χ1n) is 23.1. The van der Waals surface area contributed by atoms with Crippen LogP contribution in [0, 0.1) is 52.0 Å². The molecule has 0 aromatic rings. The number of Topliss-reactive ketones (excluding diaryl/α,β-unsaturated/α-hetero) is 1. The Balaban J connectivity index is 1.34. The van der Waals surface area contributed by atoms with Crippen LogP contribution in [0.25, 0.3) is 0 Å². The number of amides is 1. The molecular formula is C48H70N2O15. The average molecular weight is 915 g/mol. The van der Waals surface area contributed by atoms with Gasteiger partial charge in [0.05, 0.1) is 50.7 Å². The lowest BCUT2D eigenvalue weighted by Crippen LogP contribution is -3.17. The average Bonchev–Trinajstić information content (AvgIpc) is 3.48. The maximum absolute atomic E-state index is 15.3. The third kappa shape index (κ3) is 8.57. The van der Waals surface area contributed by atoms with Crippen LogP contribution in [0.2, 0.25) is 0 Å². The van der Waals surface area contributed by atoms with Crippen LogP contribution in [-0.2, 0) is 38.0 Å². The quantitative estimate of drug-likeness (QED) is 0.0834. The minimum Gasteiger partial charge on any atom is -0.600 e. The van der Waals surface area contributed by atoms with E-state index in [2.05, 4.69) is 25.2 Å². The summed E-state index contributed by atoms with van der Waals surface area (Å²) in [6.45, 7) is 16.3. The molecule has 2 bridgehead atoms. The number of hydrogen-bond donors (Lipinski definition) is 7. The first kappa shape index (κ1) is 49.4. The van der Waals surface area contributed by atoms with Crippen molar-refractivity contribution in [2.75, 3.05) is 13.7 Å². The van der Waals surface area contributed by atoms with Gasteiger partial charge in [-0.15, -0.1) is 0 Å². The van der Waals surface area contributed by atoms with Crippen molar-refractivity contribution in [1.82, 2.24) is 5.32 Å². The number of esters is 1. The SMILES string of the molecule is COC(=O)N[C@H]1[C@@H](C)O[C@@H](O[C@H]2C/C=C(\C)[C@@H]3C=C[C@@H]4[C@@H](O[C@H]5C[C@@H](O)[C@@H](O)[C@H](C)O5)[C@@H](C)C[C@H](C)[C@H]4[C@]3(C)C(O)=C3C(=O)O[C@]4(C[C@@H](C)C(CO)=C[C@H]4/C=C/2C)C3=O)C[C@]1(C)[NH+]([O-])O. The van der Waals surface area contributed by atoms with E-state index in [4.69, 9.17) is 28.4 Å². The summed E-state index contributed by atoms with van der Waals surface area (Å²) in [6, 6.07) is -0.956. The number of hydrogen-bond acceptors (Lipinski definition) is 15. The lowest BCUT2D eigenvalue weighted by atomic mass is 9.49. The fraction of sp³-hybridized carbons (Fsp3) is 0.729. The number of carbonyl (C=O) groups is 3. The Bertz CT molecular complexity index is 2000. The fourth-order valence-electron chi connectivity index (χ4n) is 12.6. The number of hydroxylamine groups is 2. The number of aliphatic hydroxyl groups is 4. The summed E-state index contributed by atoms with van der Waals surface area (Å²) in [5, 5.41) is 69.4. The van der Waals surface area contributed by atoms with E-state index in [-0.39, 0.29) is 67.6 Å². The molecule has 3 aliphatic heterocycles. The molecule has 3 saturated heterocycles. The molecule has 3 heterocycles. The van der Waals surface area contributed by atoms with E-state index >= 15 is 4.79 Å². The van der Waals surface area contributed by atoms with Gasteiger partial charge in [-0.1, -0.05) is 63.6 Å². The number of aliphatic hydroxyl groups excluding tert-OH is 4. The van der Waals surface area contributed by atoms with Crippen LogP contribution in [0.4, 0.5) is 4.79 Å². The highest BCUT2D eigenvalue weighted by Gasteiger charge is 2.64. The molecule has 1 amide bonds. The van der Waals surface area contributed by atoms with Crippen molar-refractivity contribution < 1.29 is 73.7 Å². The Hall–Kier alpha value is -3.49. The van der Waals surface area contributed by atoms with Gasteiger partial charge in [-0.2, -0.15) is 0 Å². The maximum atomic E-state index is 15.3. The molecule has 0 radical (unpaired) electrons. The van der Waals surface area contributed by atoms with Crippen LogP contribution in [0.5, 0.6) is 0 Å². The zero-order valence-electron chi connectivity index (χ0n) is 39.2. The second-order valence-corrected chi connectivity index (χ2v) is 20.5. The summed E-state index contributed by atoms with van der Waals surface area (Å²) in [7, 11) is 1.19. The molecular weight excluding hydrogens is 845 g/mol. The van der Waals surface area contributed by atoms with Crippen molar-refractivity contribution in [3.63, 3.8) is 0 Å². The molecule has 362 valence electrons. The highest BCUT2D eigenvalue weighted by molar-refractivity contribution is 6.26. The van der Waals surface area contributed by atoms with Crippen LogP contribution in [-0.4, -0.2) is 124 Å². The monoisotopic (exact) mass is 914 g/mol. The molecule has 0 aromatic carbocycles. The van der Waals surface area contributed by atoms with Gasteiger partial charge in [0.2, 0.25) is 5.78 Å². The second-order valence-electron chi connectivity index (χ2n) is 20.5. The van der Waals surface area contributed by atoms with Gasteiger partial charge >= 0.3 is 12.1 Å². The lowest BCUT2D eigenvalue weighted by molar-refractivity contribution is -1.09. The van der Waals surface area contributed by atoms with E-state index in [9.17, 15) is 40.4 Å². The first-order chi connectivity index (χ1) is 30.5. The number of ether oxygens (including phenoxy) is 6.